The molecule has 3 rings (SSSR count). The molecule has 1 amide bonds. The van der Waals surface area contributed by atoms with Gasteiger partial charge in [0.2, 0.25) is 5.91 Å². The van der Waals surface area contributed by atoms with Gasteiger partial charge in [0.25, 0.3) is 0 Å². The van der Waals surface area contributed by atoms with Crippen molar-refractivity contribution in [2.75, 3.05) is 19.4 Å². The molecule has 6 heteroatoms. The van der Waals surface area contributed by atoms with Crippen LogP contribution in [0.25, 0.3) is 0 Å². The van der Waals surface area contributed by atoms with E-state index in [4.69, 9.17) is 10.5 Å². The van der Waals surface area contributed by atoms with Gasteiger partial charge in [-0.1, -0.05) is 42.1 Å². The highest BCUT2D eigenvalue weighted by atomic mass is 32.2. The number of para-hydroxylation sites is 1. The number of thioether (sulfide) groups is 1. The van der Waals surface area contributed by atoms with E-state index in [1.54, 1.807) is 24.9 Å². The zero-order valence-corrected chi connectivity index (χ0v) is 14.2. The molecule has 2 aromatic carbocycles. The van der Waals surface area contributed by atoms with Gasteiger partial charge in [-0.05, 0) is 23.8 Å². The molecule has 1 unspecified atom stereocenters. The molecular weight excluding hydrogens is 322 g/mol. The van der Waals surface area contributed by atoms with Gasteiger partial charge in [-0.15, -0.1) is 0 Å². The molecule has 1 aliphatic heterocycles. The maximum Gasteiger partial charge on any atom is 0.248 e. The Kier molecular flexibility index (Phi) is 5.05. The van der Waals surface area contributed by atoms with Gasteiger partial charge in [-0.3, -0.25) is 9.79 Å². The first kappa shape index (κ1) is 16.4. The van der Waals surface area contributed by atoms with E-state index in [-0.39, 0.29) is 8.90 Å². The number of methoxy groups -OCH3 is 1. The monoisotopic (exact) mass is 345 g/mol. The number of nitrogens with zero attached hydrogens (tertiary/aromatic N) is 1. The molecule has 128 valence electrons. The lowest BCUT2D eigenvalue weighted by Gasteiger charge is -2.23. The number of ether oxygens (including phenoxy) is 1. The highest BCUT2D eigenvalue weighted by molar-refractivity contribution is 8.14. The molecule has 0 aliphatic carbocycles. The smallest absolute Gasteiger partial charge is 0.248 e. The number of amidine groups is 1. The number of primary amides is 1. The second-order valence-electron chi connectivity index (χ2n) is 5.34. The third-order valence-corrected chi connectivity index (χ3v) is 4.71. The molecule has 0 fully saturated rings. The van der Waals surface area contributed by atoms with E-state index >= 15 is 0 Å². The van der Waals surface area contributed by atoms with Crippen molar-refractivity contribution >= 4 is 22.8 Å². The summed E-state index contributed by atoms with van der Waals surface area (Å²) in [5.41, 5.74) is 7.83. The molecule has 1 atom stereocenters. The second kappa shape index (κ2) is 7.40. The Labute approximate surface area is 148 Å². The lowest BCUT2D eigenvalue weighted by molar-refractivity contribution is 0.1000. The fourth-order valence-corrected chi connectivity index (χ4v) is 3.42. The summed E-state index contributed by atoms with van der Waals surface area (Å²) in [6.45, 7) is 0.812. The van der Waals surface area contributed by atoms with Crippen molar-refractivity contribution in [3.8, 4) is 5.75 Å². The molecule has 3 N–H and O–H groups in total. The van der Waals surface area contributed by atoms with Gasteiger partial charge >= 0.3 is 0 Å². The van der Waals surface area contributed by atoms with E-state index in [9.17, 15) is 4.79 Å². The second-order valence-corrected chi connectivity index (χ2v) is 6.43. The van der Waals surface area contributed by atoms with Crippen LogP contribution in [-0.2, 0) is 0 Å². The van der Waals surface area contributed by atoms with Crippen LogP contribution >= 0.6 is 11.8 Å². The Morgan fingerprint density at radius 1 is 1.33 bits per heavy atom. The van der Waals surface area contributed by atoms with Crippen LogP contribution in [0.3, 0.4) is 0 Å². The number of aliphatic imine (C=N–C) groups is 1. The lowest BCUT2D eigenvalue weighted by Crippen LogP contribution is -2.27. The molecule has 0 bridgehead atoms. The Bertz CT molecular complexity index is 787. The zero-order chi connectivity index (χ0) is 16.9. The van der Waals surface area contributed by atoms with Crippen molar-refractivity contribution < 1.29 is 12.4 Å². The van der Waals surface area contributed by atoms with E-state index in [1.807, 2.05) is 42.5 Å². The first-order valence-corrected chi connectivity index (χ1v) is 8.64. The molecule has 24 heavy (non-hydrogen) atoms. The van der Waals surface area contributed by atoms with Gasteiger partial charge in [0.15, 0.2) is 5.17 Å². The van der Waals surface area contributed by atoms with Crippen molar-refractivity contribution in [1.29, 1.82) is 0 Å². The number of nitrogens with one attached hydrogen (secondary N) is 1. The van der Waals surface area contributed by atoms with Gasteiger partial charge in [-0.2, -0.15) is 0 Å². The van der Waals surface area contributed by atoms with Crippen LogP contribution in [0.4, 0.5) is 0 Å². The molecule has 0 spiro atoms. The van der Waals surface area contributed by atoms with Crippen LogP contribution < -0.4 is 15.8 Å². The Balaban J connectivity index is 0.00000169. The van der Waals surface area contributed by atoms with Crippen LogP contribution in [-0.4, -0.2) is 30.5 Å². The van der Waals surface area contributed by atoms with E-state index in [0.717, 1.165) is 34.3 Å². The number of benzene rings is 2. The van der Waals surface area contributed by atoms with Gasteiger partial charge < -0.3 is 15.8 Å². The summed E-state index contributed by atoms with van der Waals surface area (Å²) in [6.07, 6.45) is 0. The highest BCUT2D eigenvalue weighted by Gasteiger charge is 2.21. The van der Waals surface area contributed by atoms with Crippen LogP contribution in [0.5, 0.6) is 5.75 Å². The van der Waals surface area contributed by atoms with Crippen molar-refractivity contribution in [2.24, 2.45) is 10.7 Å². The number of carbonyl (C=O) groups is 1. The molecule has 1 heterocycles. The number of nitrogens with two attached hydrogens (primary N) is 1. The standard InChI is InChI=1S/C18H19N3O2S.2H2/c1-23-15-8-3-2-7-14(15)16(21-18-20-9-10-24-18)12-5-4-6-13(11-12)17(19)22;;/h2-8,11,16H,9-10H2,1H3,(H2,19,22)(H,20,21);2*1H. The van der Waals surface area contributed by atoms with Gasteiger partial charge in [0.05, 0.1) is 19.7 Å². The Morgan fingerprint density at radius 3 is 2.88 bits per heavy atom. The fraction of sp³-hybridized carbons (Fsp3) is 0.222. The van der Waals surface area contributed by atoms with Crippen LogP contribution in [0.2, 0.25) is 0 Å². The third kappa shape index (κ3) is 3.54. The van der Waals surface area contributed by atoms with Crippen molar-refractivity contribution in [2.45, 2.75) is 6.04 Å². The van der Waals surface area contributed by atoms with Gasteiger partial charge in [0.1, 0.15) is 5.75 Å². The van der Waals surface area contributed by atoms with Gasteiger partial charge in [-0.25, -0.2) is 0 Å². The zero-order valence-electron chi connectivity index (χ0n) is 13.4. The third-order valence-electron chi connectivity index (χ3n) is 3.81. The summed E-state index contributed by atoms with van der Waals surface area (Å²) < 4.78 is 5.51. The number of amides is 1. The van der Waals surface area contributed by atoms with E-state index < -0.39 is 5.91 Å². The Morgan fingerprint density at radius 2 is 2.17 bits per heavy atom. The van der Waals surface area contributed by atoms with Crippen molar-refractivity contribution in [1.82, 2.24) is 5.32 Å². The van der Waals surface area contributed by atoms with Crippen LogP contribution in [0.15, 0.2) is 53.5 Å². The number of rotatable bonds is 5. The maximum absolute atomic E-state index is 11.5. The summed E-state index contributed by atoms with van der Waals surface area (Å²) in [7, 11) is 1.65. The fourth-order valence-electron chi connectivity index (χ4n) is 2.66. The molecule has 0 aromatic heterocycles. The normalized spacial score (nSPS) is 14.8. The summed E-state index contributed by atoms with van der Waals surface area (Å²) >= 11 is 1.69. The van der Waals surface area contributed by atoms with Crippen molar-refractivity contribution in [3.05, 3.63) is 65.2 Å². The topological polar surface area (TPSA) is 76.7 Å². The summed E-state index contributed by atoms with van der Waals surface area (Å²) in [6, 6.07) is 15.0. The molecule has 0 saturated heterocycles. The number of hydrogen-bond acceptors (Lipinski definition) is 5. The Hall–Kier alpha value is -2.47. The molecule has 2 aromatic rings. The van der Waals surface area contributed by atoms with Crippen LogP contribution in [0, 0.1) is 0 Å². The first-order valence-electron chi connectivity index (χ1n) is 7.65. The van der Waals surface area contributed by atoms with Crippen molar-refractivity contribution in [3.63, 3.8) is 0 Å². The summed E-state index contributed by atoms with van der Waals surface area (Å²) in [5.74, 6) is 1.31. The molecular formula is C18H23N3O2S. The molecule has 1 aliphatic rings. The minimum Gasteiger partial charge on any atom is -0.496 e. The molecule has 0 radical (unpaired) electrons. The van der Waals surface area contributed by atoms with E-state index in [2.05, 4.69) is 10.3 Å². The first-order chi connectivity index (χ1) is 11.7. The predicted octanol–water partition coefficient (Wildman–Crippen LogP) is 3.07. The maximum atomic E-state index is 11.5. The highest BCUT2D eigenvalue weighted by Crippen LogP contribution is 2.31. The lowest BCUT2D eigenvalue weighted by atomic mass is 9.96. The average Bonchev–Trinajstić information content (AvgIpc) is 3.13. The predicted molar refractivity (Wildman–Crippen MR) is 102 cm³/mol. The van der Waals surface area contributed by atoms with E-state index in [0.29, 0.717) is 5.56 Å². The minimum absolute atomic E-state index is 0. The molecule has 5 nitrogen and oxygen atoms in total. The number of hydrogen-bond donors (Lipinski definition) is 2. The van der Waals surface area contributed by atoms with Crippen LogP contribution in [0.1, 0.15) is 30.4 Å². The largest absolute Gasteiger partial charge is 0.496 e. The summed E-state index contributed by atoms with van der Waals surface area (Å²) in [4.78, 5) is 16.0. The summed E-state index contributed by atoms with van der Waals surface area (Å²) in [5, 5.41) is 4.37. The SMILES string of the molecule is COc1ccccc1C(NC1=NCCS1)c1cccc(C(N)=O)c1.[HH].[HH]. The quantitative estimate of drug-likeness (QED) is 0.873. The van der Waals surface area contributed by atoms with E-state index in [1.165, 1.54) is 0 Å². The minimum atomic E-state index is -0.441. The van der Waals surface area contributed by atoms with Gasteiger partial charge in [0, 0.05) is 19.7 Å². The molecule has 0 saturated carbocycles. The number of carbonyl (C=O) groups excluding carboxylic acids is 1. The average molecular weight is 345 g/mol.